The Bertz CT molecular complexity index is 597. The van der Waals surface area contributed by atoms with E-state index in [1.54, 1.807) is 0 Å². The third kappa shape index (κ3) is 2.25. The first-order chi connectivity index (χ1) is 7.99. The van der Waals surface area contributed by atoms with Crippen LogP contribution in [0.15, 0.2) is 18.2 Å². The van der Waals surface area contributed by atoms with Crippen LogP contribution in [0.4, 0.5) is 4.39 Å². The summed E-state index contributed by atoms with van der Waals surface area (Å²) >= 11 is 11.4. The first kappa shape index (κ1) is 11.9. The van der Waals surface area contributed by atoms with Crippen molar-refractivity contribution in [3.05, 3.63) is 39.8 Å². The molecule has 4 nitrogen and oxygen atoms in total. The minimum atomic E-state index is -0.683. The Morgan fingerprint density at radius 3 is 2.65 bits per heavy atom. The molecule has 88 valence electrons. The van der Waals surface area contributed by atoms with E-state index in [1.165, 1.54) is 18.2 Å². The molecular formula is C10H6Cl2FN3O. The third-order valence-electron chi connectivity index (χ3n) is 2.11. The lowest BCUT2D eigenvalue weighted by Crippen LogP contribution is -2.10. The number of nitrogens with zero attached hydrogens (tertiary/aromatic N) is 1. The summed E-state index contributed by atoms with van der Waals surface area (Å²) in [5.74, 6) is -1.34. The summed E-state index contributed by atoms with van der Waals surface area (Å²) in [5.41, 5.74) is 5.44. The zero-order valence-corrected chi connectivity index (χ0v) is 9.81. The van der Waals surface area contributed by atoms with Crippen LogP contribution in [0.5, 0.6) is 0 Å². The number of carbonyl (C=O) groups excluding carboxylic acids is 1. The fourth-order valence-electron chi connectivity index (χ4n) is 1.33. The van der Waals surface area contributed by atoms with Gasteiger partial charge in [0.25, 0.3) is 5.91 Å². The Morgan fingerprint density at radius 1 is 1.35 bits per heavy atom. The van der Waals surface area contributed by atoms with E-state index in [1.807, 2.05) is 0 Å². The molecule has 0 fully saturated rings. The van der Waals surface area contributed by atoms with Crippen molar-refractivity contribution < 1.29 is 9.18 Å². The maximum atomic E-state index is 13.7. The van der Waals surface area contributed by atoms with Crippen LogP contribution in [0.3, 0.4) is 0 Å². The van der Waals surface area contributed by atoms with E-state index in [9.17, 15) is 9.18 Å². The lowest BCUT2D eigenvalue weighted by molar-refractivity contribution is 0.0995. The number of aromatic amines is 1. The van der Waals surface area contributed by atoms with Crippen LogP contribution in [-0.2, 0) is 0 Å². The third-order valence-corrected chi connectivity index (χ3v) is 2.61. The summed E-state index contributed by atoms with van der Waals surface area (Å²) in [6, 6.07) is 3.97. The maximum absolute atomic E-state index is 13.7. The molecule has 1 aromatic heterocycles. The van der Waals surface area contributed by atoms with Crippen LogP contribution in [0.1, 0.15) is 10.5 Å². The van der Waals surface area contributed by atoms with Crippen molar-refractivity contribution in [3.63, 3.8) is 0 Å². The number of amides is 1. The molecule has 2 rings (SSSR count). The smallest absolute Gasteiger partial charge is 0.266 e. The normalized spacial score (nSPS) is 10.5. The van der Waals surface area contributed by atoms with Gasteiger partial charge in [0, 0.05) is 10.6 Å². The number of carbonyl (C=O) groups is 1. The second-order valence-corrected chi connectivity index (χ2v) is 4.12. The summed E-state index contributed by atoms with van der Waals surface area (Å²) in [6.07, 6.45) is 0. The molecular weight excluding hydrogens is 268 g/mol. The molecule has 1 amide bonds. The van der Waals surface area contributed by atoms with Gasteiger partial charge in [0.05, 0.1) is 10.7 Å². The number of hydrogen-bond acceptors (Lipinski definition) is 2. The second-order valence-electron chi connectivity index (χ2n) is 3.28. The van der Waals surface area contributed by atoms with Crippen LogP contribution in [0.2, 0.25) is 10.0 Å². The maximum Gasteiger partial charge on any atom is 0.266 e. The van der Waals surface area contributed by atoms with Gasteiger partial charge in [0.1, 0.15) is 5.69 Å². The highest BCUT2D eigenvalue weighted by molar-refractivity contribution is 6.35. The molecule has 0 radical (unpaired) electrons. The predicted molar refractivity (Wildman–Crippen MR) is 62.5 cm³/mol. The number of nitrogens with two attached hydrogens (primary N) is 1. The van der Waals surface area contributed by atoms with Gasteiger partial charge in [-0.2, -0.15) is 5.10 Å². The van der Waals surface area contributed by atoms with Crippen LogP contribution in [0, 0.1) is 5.82 Å². The molecule has 2 aromatic rings. The Labute approximate surface area is 106 Å². The molecule has 3 N–H and O–H groups in total. The fraction of sp³-hybridized carbons (Fsp3) is 0. The molecule has 0 atom stereocenters. The molecule has 0 aliphatic rings. The van der Waals surface area contributed by atoms with E-state index in [-0.39, 0.29) is 27.0 Å². The summed E-state index contributed by atoms with van der Waals surface area (Å²) in [5, 5.41) is 6.32. The number of aromatic nitrogens is 2. The van der Waals surface area contributed by atoms with E-state index in [4.69, 9.17) is 28.9 Å². The SMILES string of the molecule is NC(=O)c1cc(-c2cc(Cl)cc(Cl)c2F)n[nH]1. The summed E-state index contributed by atoms with van der Waals surface area (Å²) in [6.45, 7) is 0. The van der Waals surface area contributed by atoms with Gasteiger partial charge in [-0.1, -0.05) is 23.2 Å². The molecule has 17 heavy (non-hydrogen) atoms. The number of hydrogen-bond donors (Lipinski definition) is 2. The van der Waals surface area contributed by atoms with Crippen molar-refractivity contribution in [2.24, 2.45) is 5.73 Å². The number of H-pyrrole nitrogens is 1. The first-order valence-corrected chi connectivity index (χ1v) is 5.24. The fourth-order valence-corrected chi connectivity index (χ4v) is 1.82. The second kappa shape index (κ2) is 4.35. The van der Waals surface area contributed by atoms with Crippen molar-refractivity contribution in [3.8, 4) is 11.3 Å². The van der Waals surface area contributed by atoms with Crippen molar-refractivity contribution in [2.45, 2.75) is 0 Å². The number of primary amides is 1. The molecule has 0 saturated carbocycles. The Hall–Kier alpha value is -1.59. The van der Waals surface area contributed by atoms with Crippen LogP contribution < -0.4 is 5.73 Å². The van der Waals surface area contributed by atoms with Gasteiger partial charge >= 0.3 is 0 Å². The van der Waals surface area contributed by atoms with Gasteiger partial charge in [-0.3, -0.25) is 9.89 Å². The molecule has 0 bridgehead atoms. The highest BCUT2D eigenvalue weighted by Gasteiger charge is 2.14. The molecule has 0 saturated heterocycles. The van der Waals surface area contributed by atoms with Gasteiger partial charge < -0.3 is 5.73 Å². The lowest BCUT2D eigenvalue weighted by atomic mass is 10.1. The quantitative estimate of drug-likeness (QED) is 0.826. The average Bonchev–Trinajstić information content (AvgIpc) is 2.72. The molecule has 0 spiro atoms. The van der Waals surface area contributed by atoms with Crippen molar-refractivity contribution in [2.75, 3.05) is 0 Å². The van der Waals surface area contributed by atoms with Gasteiger partial charge in [-0.25, -0.2) is 4.39 Å². The molecule has 0 unspecified atom stereocenters. The minimum Gasteiger partial charge on any atom is -0.364 e. The van der Waals surface area contributed by atoms with E-state index < -0.39 is 11.7 Å². The highest BCUT2D eigenvalue weighted by Crippen LogP contribution is 2.30. The summed E-state index contributed by atoms with van der Waals surface area (Å²) in [7, 11) is 0. The Balaban J connectivity index is 2.56. The van der Waals surface area contributed by atoms with Crippen molar-refractivity contribution >= 4 is 29.1 Å². The lowest BCUT2D eigenvalue weighted by Gasteiger charge is -2.02. The number of benzene rings is 1. The highest BCUT2D eigenvalue weighted by atomic mass is 35.5. The molecule has 1 heterocycles. The molecule has 0 aliphatic carbocycles. The average molecular weight is 274 g/mol. The predicted octanol–water partition coefficient (Wildman–Crippen LogP) is 2.62. The monoisotopic (exact) mass is 273 g/mol. The standard InChI is InChI=1S/C10H6Cl2FN3O/c11-4-1-5(9(13)6(12)2-4)7-3-8(10(14)17)16-15-7/h1-3H,(H2,14,17)(H,15,16). The van der Waals surface area contributed by atoms with Gasteiger partial charge in [-0.15, -0.1) is 0 Å². The zero-order valence-electron chi connectivity index (χ0n) is 8.30. The molecule has 1 aromatic carbocycles. The first-order valence-electron chi connectivity index (χ1n) is 4.49. The Morgan fingerprint density at radius 2 is 2.06 bits per heavy atom. The number of halogens is 3. The number of rotatable bonds is 2. The van der Waals surface area contributed by atoms with Crippen LogP contribution in [0.25, 0.3) is 11.3 Å². The van der Waals surface area contributed by atoms with Crippen LogP contribution in [-0.4, -0.2) is 16.1 Å². The zero-order chi connectivity index (χ0) is 12.6. The van der Waals surface area contributed by atoms with Gasteiger partial charge in [0.2, 0.25) is 0 Å². The topological polar surface area (TPSA) is 71.8 Å². The largest absolute Gasteiger partial charge is 0.364 e. The number of nitrogens with one attached hydrogen (secondary N) is 1. The van der Waals surface area contributed by atoms with Crippen molar-refractivity contribution in [1.29, 1.82) is 0 Å². The van der Waals surface area contributed by atoms with E-state index >= 15 is 0 Å². The minimum absolute atomic E-state index is 0.0792. The molecule has 0 aliphatic heterocycles. The summed E-state index contributed by atoms with van der Waals surface area (Å²) in [4.78, 5) is 10.9. The summed E-state index contributed by atoms with van der Waals surface area (Å²) < 4.78 is 13.7. The van der Waals surface area contributed by atoms with Gasteiger partial charge in [-0.05, 0) is 18.2 Å². The van der Waals surface area contributed by atoms with Crippen LogP contribution >= 0.6 is 23.2 Å². The van der Waals surface area contributed by atoms with E-state index in [0.29, 0.717) is 0 Å². The van der Waals surface area contributed by atoms with E-state index in [2.05, 4.69) is 10.2 Å². The Kier molecular flexibility index (Phi) is 3.04. The van der Waals surface area contributed by atoms with Crippen molar-refractivity contribution in [1.82, 2.24) is 10.2 Å². The molecule has 7 heteroatoms. The van der Waals surface area contributed by atoms with E-state index in [0.717, 1.165) is 0 Å². The van der Waals surface area contributed by atoms with Gasteiger partial charge in [0.15, 0.2) is 5.82 Å².